The molecule has 0 amide bonds. The van der Waals surface area contributed by atoms with Crippen LogP contribution in [0.25, 0.3) is 6.08 Å². The van der Waals surface area contributed by atoms with E-state index in [9.17, 15) is 0 Å². The molecular formula is C9H8ClN. The Bertz CT molecular complexity index is 293. The minimum Gasteiger partial charge on any atom is -0.222 e. The summed E-state index contributed by atoms with van der Waals surface area (Å²) in [7, 11) is 0. The third kappa shape index (κ3) is 1.06. The highest BCUT2D eigenvalue weighted by atomic mass is 35.5. The number of nitrogens with one attached hydrogen (secondary N) is 1. The van der Waals surface area contributed by atoms with Gasteiger partial charge in [-0.2, -0.15) is 0 Å². The molecule has 1 nitrogen and oxygen atoms in total. The number of halogens is 1. The van der Waals surface area contributed by atoms with Gasteiger partial charge in [-0.3, -0.25) is 0 Å². The summed E-state index contributed by atoms with van der Waals surface area (Å²) in [6, 6.07) is 8.40. The van der Waals surface area contributed by atoms with Crippen LogP contribution in [0.5, 0.6) is 0 Å². The monoisotopic (exact) mass is 165 g/mol. The number of hydrogen-bond acceptors (Lipinski definition) is 1. The molecule has 1 N–H and O–H groups in total. The zero-order chi connectivity index (χ0) is 7.68. The van der Waals surface area contributed by atoms with Crippen molar-refractivity contribution in [1.29, 1.82) is 0 Å². The van der Waals surface area contributed by atoms with E-state index in [2.05, 4.69) is 29.1 Å². The maximum atomic E-state index is 5.53. The molecule has 0 aromatic heterocycles. The third-order valence-corrected chi connectivity index (χ3v) is 2.15. The maximum absolute atomic E-state index is 5.53. The molecule has 1 aromatic rings. The Kier molecular flexibility index (Phi) is 1.68. The van der Waals surface area contributed by atoms with Gasteiger partial charge in [-0.25, -0.2) is 4.84 Å². The molecule has 1 aromatic carbocycles. The molecule has 1 atom stereocenters. The standard InChI is InChI=1S/C9H8ClN/c10-11-9-6-5-7-3-1-2-4-8(7)9/h1-6,9,11H. The molecule has 11 heavy (non-hydrogen) atoms. The molecule has 0 saturated carbocycles. The molecule has 1 aliphatic carbocycles. The van der Waals surface area contributed by atoms with Crippen molar-refractivity contribution in [2.75, 3.05) is 0 Å². The molecule has 0 aliphatic heterocycles. The first-order valence-electron chi connectivity index (χ1n) is 3.55. The second kappa shape index (κ2) is 2.68. The van der Waals surface area contributed by atoms with Crippen LogP contribution in [0.2, 0.25) is 0 Å². The van der Waals surface area contributed by atoms with Crippen molar-refractivity contribution >= 4 is 17.9 Å². The van der Waals surface area contributed by atoms with E-state index in [0.29, 0.717) is 0 Å². The van der Waals surface area contributed by atoms with Crippen LogP contribution < -0.4 is 4.84 Å². The minimum absolute atomic E-state index is 0.188. The summed E-state index contributed by atoms with van der Waals surface area (Å²) in [5.41, 5.74) is 2.51. The molecule has 1 unspecified atom stereocenters. The smallest absolute Gasteiger partial charge is 0.0660 e. The lowest BCUT2D eigenvalue weighted by atomic mass is 10.1. The van der Waals surface area contributed by atoms with Gasteiger partial charge in [0.05, 0.1) is 6.04 Å². The molecule has 0 fully saturated rings. The first-order valence-corrected chi connectivity index (χ1v) is 3.93. The van der Waals surface area contributed by atoms with Crippen LogP contribution >= 0.6 is 11.8 Å². The Balaban J connectivity index is 2.46. The zero-order valence-corrected chi connectivity index (χ0v) is 6.68. The van der Waals surface area contributed by atoms with E-state index in [4.69, 9.17) is 11.8 Å². The van der Waals surface area contributed by atoms with Gasteiger partial charge in [0.1, 0.15) is 0 Å². The Morgan fingerprint density at radius 1 is 1.27 bits per heavy atom. The Hall–Kier alpha value is -0.790. The van der Waals surface area contributed by atoms with Crippen LogP contribution in [-0.4, -0.2) is 0 Å². The van der Waals surface area contributed by atoms with Crippen LogP contribution in [0, 0.1) is 0 Å². The highest BCUT2D eigenvalue weighted by Crippen LogP contribution is 2.27. The van der Waals surface area contributed by atoms with Crippen LogP contribution in [0.4, 0.5) is 0 Å². The molecule has 1 aliphatic rings. The van der Waals surface area contributed by atoms with E-state index in [1.165, 1.54) is 11.1 Å². The Morgan fingerprint density at radius 2 is 2.09 bits per heavy atom. The summed E-state index contributed by atoms with van der Waals surface area (Å²) in [6.07, 6.45) is 4.13. The fraction of sp³-hybridized carbons (Fsp3) is 0.111. The summed E-state index contributed by atoms with van der Waals surface area (Å²) in [6.45, 7) is 0. The van der Waals surface area contributed by atoms with Crippen molar-refractivity contribution in [3.63, 3.8) is 0 Å². The second-order valence-electron chi connectivity index (χ2n) is 2.57. The van der Waals surface area contributed by atoms with Crippen molar-refractivity contribution in [3.05, 3.63) is 41.5 Å². The topological polar surface area (TPSA) is 12.0 Å². The van der Waals surface area contributed by atoms with Crippen molar-refractivity contribution < 1.29 is 0 Å². The number of hydrogen-bond donors (Lipinski definition) is 1. The van der Waals surface area contributed by atoms with E-state index >= 15 is 0 Å². The normalized spacial score (nSPS) is 20.3. The van der Waals surface area contributed by atoms with Gasteiger partial charge in [0.2, 0.25) is 0 Å². The first-order chi connectivity index (χ1) is 5.42. The maximum Gasteiger partial charge on any atom is 0.0660 e. The number of rotatable bonds is 1. The average Bonchev–Trinajstić information content (AvgIpc) is 2.47. The van der Waals surface area contributed by atoms with Gasteiger partial charge >= 0.3 is 0 Å². The molecule has 2 rings (SSSR count). The molecule has 0 saturated heterocycles. The van der Waals surface area contributed by atoms with E-state index < -0.39 is 0 Å². The van der Waals surface area contributed by atoms with Crippen molar-refractivity contribution in [1.82, 2.24) is 4.84 Å². The summed E-state index contributed by atoms with van der Waals surface area (Å²) < 4.78 is 0. The number of benzene rings is 1. The summed E-state index contributed by atoms with van der Waals surface area (Å²) >= 11 is 5.53. The molecule has 0 bridgehead atoms. The van der Waals surface area contributed by atoms with Crippen LogP contribution in [0.1, 0.15) is 17.2 Å². The number of fused-ring (bicyclic) bond motifs is 1. The third-order valence-electron chi connectivity index (χ3n) is 1.92. The second-order valence-corrected chi connectivity index (χ2v) is 2.79. The van der Waals surface area contributed by atoms with E-state index in [1.807, 2.05) is 12.1 Å². The van der Waals surface area contributed by atoms with Gasteiger partial charge in [-0.15, -0.1) is 0 Å². The highest BCUT2D eigenvalue weighted by Gasteiger charge is 2.14. The van der Waals surface area contributed by atoms with Crippen molar-refractivity contribution in [2.24, 2.45) is 0 Å². The van der Waals surface area contributed by atoms with Crippen LogP contribution in [-0.2, 0) is 0 Å². The molecule has 0 heterocycles. The molecular weight excluding hydrogens is 158 g/mol. The Morgan fingerprint density at radius 3 is 2.91 bits per heavy atom. The van der Waals surface area contributed by atoms with E-state index in [-0.39, 0.29) is 6.04 Å². The van der Waals surface area contributed by atoms with Crippen molar-refractivity contribution in [3.8, 4) is 0 Å². The zero-order valence-electron chi connectivity index (χ0n) is 5.92. The lowest BCUT2D eigenvalue weighted by Crippen LogP contribution is -2.05. The van der Waals surface area contributed by atoms with Gasteiger partial charge in [0.15, 0.2) is 0 Å². The Labute approximate surface area is 70.8 Å². The fourth-order valence-electron chi connectivity index (χ4n) is 1.34. The van der Waals surface area contributed by atoms with Gasteiger partial charge in [0, 0.05) is 0 Å². The average molecular weight is 166 g/mol. The fourth-order valence-corrected chi connectivity index (χ4v) is 1.53. The largest absolute Gasteiger partial charge is 0.222 e. The predicted molar refractivity (Wildman–Crippen MR) is 47.2 cm³/mol. The van der Waals surface area contributed by atoms with Gasteiger partial charge in [0.25, 0.3) is 0 Å². The quantitative estimate of drug-likeness (QED) is 0.631. The molecule has 56 valence electrons. The van der Waals surface area contributed by atoms with Gasteiger partial charge in [-0.1, -0.05) is 36.4 Å². The predicted octanol–water partition coefficient (Wildman–Crippen LogP) is 2.50. The minimum atomic E-state index is 0.188. The highest BCUT2D eigenvalue weighted by molar-refractivity contribution is 6.13. The SMILES string of the molecule is ClNC1C=Cc2ccccc21. The van der Waals surface area contributed by atoms with E-state index in [0.717, 1.165) is 0 Å². The van der Waals surface area contributed by atoms with Crippen LogP contribution in [0.3, 0.4) is 0 Å². The summed E-state index contributed by atoms with van der Waals surface area (Å²) in [4.78, 5) is 2.71. The molecule has 2 heteroatoms. The van der Waals surface area contributed by atoms with E-state index in [1.54, 1.807) is 0 Å². The van der Waals surface area contributed by atoms with Gasteiger partial charge in [-0.05, 0) is 22.9 Å². The van der Waals surface area contributed by atoms with Gasteiger partial charge < -0.3 is 0 Å². The lowest BCUT2D eigenvalue weighted by molar-refractivity contribution is 0.841. The molecule has 0 radical (unpaired) electrons. The summed E-state index contributed by atoms with van der Waals surface area (Å²) in [5, 5.41) is 0. The summed E-state index contributed by atoms with van der Waals surface area (Å²) in [5.74, 6) is 0. The van der Waals surface area contributed by atoms with Crippen molar-refractivity contribution in [2.45, 2.75) is 6.04 Å². The lowest BCUT2D eigenvalue weighted by Gasteiger charge is -2.06. The first kappa shape index (κ1) is 6.89. The van der Waals surface area contributed by atoms with Crippen LogP contribution in [0.15, 0.2) is 30.3 Å². The molecule has 0 spiro atoms.